The second-order valence-corrected chi connectivity index (χ2v) is 4.45. The van der Waals surface area contributed by atoms with Crippen LogP contribution in [0.1, 0.15) is 22.8 Å². The van der Waals surface area contributed by atoms with Crippen LogP contribution in [-0.2, 0) is 6.54 Å². The highest BCUT2D eigenvalue weighted by Crippen LogP contribution is 2.12. The molecule has 20 heavy (non-hydrogen) atoms. The zero-order valence-corrected chi connectivity index (χ0v) is 11.2. The van der Waals surface area contributed by atoms with Crippen molar-refractivity contribution in [2.75, 3.05) is 12.3 Å². The minimum Gasteiger partial charge on any atom is -0.399 e. The Morgan fingerprint density at radius 1 is 1.30 bits per heavy atom. The van der Waals surface area contributed by atoms with Gasteiger partial charge in [0.25, 0.3) is 5.91 Å². The first kappa shape index (κ1) is 14.0. The van der Waals surface area contributed by atoms with Gasteiger partial charge in [0, 0.05) is 25.0 Å². The molecule has 0 unspecified atom stereocenters. The first-order chi connectivity index (χ1) is 9.60. The van der Waals surface area contributed by atoms with Gasteiger partial charge in [0.2, 0.25) is 0 Å². The van der Waals surface area contributed by atoms with Gasteiger partial charge in [-0.05, 0) is 30.7 Å². The molecule has 2 rings (SSSR count). The van der Waals surface area contributed by atoms with E-state index < -0.39 is 5.82 Å². The molecule has 0 saturated carbocycles. The number of nitrogens with zero attached hydrogens (tertiary/aromatic N) is 2. The zero-order chi connectivity index (χ0) is 14.5. The summed E-state index contributed by atoms with van der Waals surface area (Å²) in [5.74, 6) is -0.754. The molecular formula is C15H16FN3O. The highest BCUT2D eigenvalue weighted by molar-refractivity contribution is 5.93. The standard InChI is InChI=1S/C15H16FN3O/c1-2-19(10-11-3-5-14(17)6-4-11)15(20)12-7-13(16)9-18-8-12/h3-9H,2,10,17H2,1H3. The fourth-order valence-corrected chi connectivity index (χ4v) is 1.88. The van der Waals surface area contributed by atoms with Gasteiger partial charge < -0.3 is 10.6 Å². The van der Waals surface area contributed by atoms with Crippen LogP contribution in [0.15, 0.2) is 42.7 Å². The highest BCUT2D eigenvalue weighted by atomic mass is 19.1. The molecule has 4 nitrogen and oxygen atoms in total. The average Bonchev–Trinajstić information content (AvgIpc) is 2.46. The van der Waals surface area contributed by atoms with Crippen LogP contribution in [-0.4, -0.2) is 22.3 Å². The predicted molar refractivity (Wildman–Crippen MR) is 75.5 cm³/mol. The first-order valence-electron chi connectivity index (χ1n) is 6.34. The van der Waals surface area contributed by atoms with Gasteiger partial charge in [-0.1, -0.05) is 12.1 Å². The van der Waals surface area contributed by atoms with E-state index in [1.807, 2.05) is 19.1 Å². The van der Waals surface area contributed by atoms with Crippen molar-refractivity contribution in [3.05, 3.63) is 59.7 Å². The van der Waals surface area contributed by atoms with Crippen molar-refractivity contribution in [2.45, 2.75) is 13.5 Å². The van der Waals surface area contributed by atoms with E-state index in [1.54, 1.807) is 17.0 Å². The number of rotatable bonds is 4. The van der Waals surface area contributed by atoms with E-state index in [1.165, 1.54) is 12.3 Å². The summed E-state index contributed by atoms with van der Waals surface area (Å²) >= 11 is 0. The first-order valence-corrected chi connectivity index (χ1v) is 6.34. The van der Waals surface area contributed by atoms with Crippen molar-refractivity contribution < 1.29 is 9.18 Å². The number of pyridine rings is 1. The molecule has 0 saturated heterocycles. The SMILES string of the molecule is CCN(Cc1ccc(N)cc1)C(=O)c1cncc(F)c1. The van der Waals surface area contributed by atoms with Crippen molar-refractivity contribution in [3.8, 4) is 0 Å². The normalized spacial score (nSPS) is 10.3. The Morgan fingerprint density at radius 2 is 2.00 bits per heavy atom. The molecule has 0 aliphatic rings. The Bertz CT molecular complexity index is 598. The summed E-state index contributed by atoms with van der Waals surface area (Å²) < 4.78 is 13.1. The van der Waals surface area contributed by atoms with E-state index in [2.05, 4.69) is 4.98 Å². The highest BCUT2D eigenvalue weighted by Gasteiger charge is 2.15. The second kappa shape index (κ2) is 6.14. The molecule has 1 heterocycles. The lowest BCUT2D eigenvalue weighted by molar-refractivity contribution is 0.0751. The molecule has 0 aliphatic carbocycles. The number of halogens is 1. The van der Waals surface area contributed by atoms with Gasteiger partial charge in [-0.15, -0.1) is 0 Å². The number of benzene rings is 1. The van der Waals surface area contributed by atoms with Gasteiger partial charge in [0.1, 0.15) is 5.82 Å². The topological polar surface area (TPSA) is 59.2 Å². The lowest BCUT2D eigenvalue weighted by Gasteiger charge is -2.21. The maximum atomic E-state index is 13.1. The molecule has 0 aliphatic heterocycles. The van der Waals surface area contributed by atoms with Crippen molar-refractivity contribution in [1.82, 2.24) is 9.88 Å². The summed E-state index contributed by atoms with van der Waals surface area (Å²) in [4.78, 5) is 17.6. The van der Waals surface area contributed by atoms with Crippen LogP contribution in [0.25, 0.3) is 0 Å². The summed E-state index contributed by atoms with van der Waals surface area (Å²) in [6, 6.07) is 8.51. The lowest BCUT2D eigenvalue weighted by Crippen LogP contribution is -2.30. The number of nitrogens with two attached hydrogens (primary N) is 1. The molecule has 0 atom stereocenters. The number of hydrogen-bond donors (Lipinski definition) is 1. The van der Waals surface area contributed by atoms with Crippen LogP contribution >= 0.6 is 0 Å². The fourth-order valence-electron chi connectivity index (χ4n) is 1.88. The van der Waals surface area contributed by atoms with Gasteiger partial charge in [0.05, 0.1) is 11.8 Å². The van der Waals surface area contributed by atoms with E-state index in [9.17, 15) is 9.18 Å². The van der Waals surface area contributed by atoms with Crippen molar-refractivity contribution >= 4 is 11.6 Å². The van der Waals surface area contributed by atoms with Crippen molar-refractivity contribution in [3.63, 3.8) is 0 Å². The molecule has 0 fully saturated rings. The Balaban J connectivity index is 2.15. The number of nitrogen functional groups attached to an aromatic ring is 1. The molecule has 104 valence electrons. The Morgan fingerprint density at radius 3 is 2.60 bits per heavy atom. The monoisotopic (exact) mass is 273 g/mol. The van der Waals surface area contributed by atoms with Crippen molar-refractivity contribution in [2.24, 2.45) is 0 Å². The third-order valence-corrected chi connectivity index (χ3v) is 2.97. The van der Waals surface area contributed by atoms with Crippen LogP contribution in [0.2, 0.25) is 0 Å². The van der Waals surface area contributed by atoms with Crippen LogP contribution in [0.4, 0.5) is 10.1 Å². The summed E-state index contributed by atoms with van der Waals surface area (Å²) in [5, 5.41) is 0. The van der Waals surface area contributed by atoms with Gasteiger partial charge in [-0.2, -0.15) is 0 Å². The van der Waals surface area contributed by atoms with E-state index in [-0.39, 0.29) is 11.5 Å². The number of carbonyl (C=O) groups is 1. The maximum Gasteiger partial charge on any atom is 0.255 e. The maximum absolute atomic E-state index is 13.1. The van der Waals surface area contributed by atoms with Crippen LogP contribution < -0.4 is 5.73 Å². The molecule has 1 amide bonds. The molecule has 5 heteroatoms. The van der Waals surface area contributed by atoms with Gasteiger partial charge in [0.15, 0.2) is 0 Å². The second-order valence-electron chi connectivity index (χ2n) is 4.45. The van der Waals surface area contributed by atoms with Gasteiger partial charge in [-0.25, -0.2) is 4.39 Å². The number of anilines is 1. The number of amides is 1. The lowest BCUT2D eigenvalue weighted by atomic mass is 10.1. The van der Waals surface area contributed by atoms with E-state index in [0.717, 1.165) is 11.8 Å². The Kier molecular flexibility index (Phi) is 4.30. The molecule has 1 aromatic heterocycles. The average molecular weight is 273 g/mol. The molecule has 2 N–H and O–H groups in total. The minimum atomic E-state index is -0.514. The van der Waals surface area contributed by atoms with E-state index in [0.29, 0.717) is 18.8 Å². The van der Waals surface area contributed by atoms with Crippen LogP contribution in [0, 0.1) is 5.82 Å². The smallest absolute Gasteiger partial charge is 0.255 e. The van der Waals surface area contributed by atoms with Crippen LogP contribution in [0.3, 0.4) is 0 Å². The minimum absolute atomic E-state index is 0.240. The zero-order valence-electron chi connectivity index (χ0n) is 11.2. The molecule has 0 radical (unpaired) electrons. The fraction of sp³-hybridized carbons (Fsp3) is 0.200. The third kappa shape index (κ3) is 3.32. The molecular weight excluding hydrogens is 257 g/mol. The van der Waals surface area contributed by atoms with Crippen molar-refractivity contribution in [1.29, 1.82) is 0 Å². The number of aromatic nitrogens is 1. The quantitative estimate of drug-likeness (QED) is 0.870. The number of carbonyl (C=O) groups excluding carboxylic acids is 1. The summed E-state index contributed by atoms with van der Waals surface area (Å²) in [5.41, 5.74) is 7.53. The summed E-state index contributed by atoms with van der Waals surface area (Å²) in [6.07, 6.45) is 2.45. The molecule has 0 bridgehead atoms. The number of hydrogen-bond acceptors (Lipinski definition) is 3. The Labute approximate surface area is 117 Å². The largest absolute Gasteiger partial charge is 0.399 e. The van der Waals surface area contributed by atoms with E-state index >= 15 is 0 Å². The molecule has 2 aromatic rings. The Hall–Kier alpha value is -2.43. The summed E-state index contributed by atoms with van der Waals surface area (Å²) in [7, 11) is 0. The van der Waals surface area contributed by atoms with Gasteiger partial charge >= 0.3 is 0 Å². The van der Waals surface area contributed by atoms with Gasteiger partial charge in [-0.3, -0.25) is 9.78 Å². The predicted octanol–water partition coefficient (Wildman–Crippen LogP) is 2.47. The molecule has 0 spiro atoms. The summed E-state index contributed by atoms with van der Waals surface area (Å²) in [6.45, 7) is 2.85. The van der Waals surface area contributed by atoms with E-state index in [4.69, 9.17) is 5.73 Å². The molecule has 1 aromatic carbocycles. The van der Waals surface area contributed by atoms with Crippen LogP contribution in [0.5, 0.6) is 0 Å². The third-order valence-electron chi connectivity index (χ3n) is 2.97.